The molecule has 1 amide bonds. The van der Waals surface area contributed by atoms with Crippen molar-refractivity contribution in [3.63, 3.8) is 0 Å². The number of hydrogen-bond acceptors (Lipinski definition) is 5. The Labute approximate surface area is 198 Å². The van der Waals surface area contributed by atoms with Gasteiger partial charge in [0.15, 0.2) is 0 Å². The molecule has 0 radical (unpaired) electrons. The maximum atomic E-state index is 12.8. The van der Waals surface area contributed by atoms with Crippen LogP contribution in [0.5, 0.6) is 0 Å². The lowest BCUT2D eigenvalue weighted by molar-refractivity contribution is 0.0950. The fraction of sp³-hybridized carbons (Fsp3) is 0.200. The molecule has 0 saturated heterocycles. The van der Waals surface area contributed by atoms with Gasteiger partial charge in [-0.1, -0.05) is 36.4 Å². The van der Waals surface area contributed by atoms with Crippen LogP contribution in [0.4, 0.5) is 0 Å². The minimum Gasteiger partial charge on any atom is -0.468 e. The summed E-state index contributed by atoms with van der Waals surface area (Å²) in [6.07, 6.45) is 1.48. The van der Waals surface area contributed by atoms with Crippen molar-refractivity contribution in [2.24, 2.45) is 0 Å². The Morgan fingerprint density at radius 3 is 2.53 bits per heavy atom. The van der Waals surface area contributed by atoms with Gasteiger partial charge in [0.25, 0.3) is 5.91 Å². The third kappa shape index (κ3) is 5.44. The number of furan rings is 1. The molecule has 2 aromatic heterocycles. The van der Waals surface area contributed by atoms with E-state index < -0.39 is 10.0 Å². The Hall–Kier alpha value is -3.69. The van der Waals surface area contributed by atoms with Crippen LogP contribution >= 0.6 is 0 Å². The molecule has 0 aliphatic carbocycles. The van der Waals surface area contributed by atoms with Gasteiger partial charge in [-0.15, -0.1) is 0 Å². The Bertz CT molecular complexity index is 1380. The molecule has 4 rings (SSSR count). The number of sulfonamides is 1. The summed E-state index contributed by atoms with van der Waals surface area (Å²) in [4.78, 5) is 12.8. The van der Waals surface area contributed by atoms with Crippen LogP contribution in [0.25, 0.3) is 0 Å². The molecule has 2 heterocycles. The van der Waals surface area contributed by atoms with E-state index in [1.807, 2.05) is 48.9 Å². The van der Waals surface area contributed by atoms with Crippen molar-refractivity contribution >= 4 is 15.9 Å². The standard InChI is InChI=1S/C25H26N4O4S/c1-18-24(19(2)29(28-18)17-20-8-4-3-5-9-20)16-26-25(30)21-10-6-12-23(14-21)34(31,32)27-15-22-11-7-13-33-22/h3-14,27H,15-17H2,1-2H3,(H,26,30). The Kier molecular flexibility index (Phi) is 6.95. The zero-order chi connectivity index (χ0) is 24.1. The highest BCUT2D eigenvalue weighted by molar-refractivity contribution is 7.89. The SMILES string of the molecule is Cc1nn(Cc2ccccc2)c(C)c1CNC(=O)c1cccc(S(=O)(=O)NCc2ccco2)c1. The van der Waals surface area contributed by atoms with Gasteiger partial charge in [0.2, 0.25) is 10.0 Å². The summed E-state index contributed by atoms with van der Waals surface area (Å²) in [5.74, 6) is 0.133. The van der Waals surface area contributed by atoms with Crippen molar-refractivity contribution in [1.29, 1.82) is 0 Å². The monoisotopic (exact) mass is 478 g/mol. The Morgan fingerprint density at radius 1 is 1.00 bits per heavy atom. The van der Waals surface area contributed by atoms with Gasteiger partial charge in [0.1, 0.15) is 5.76 Å². The normalized spacial score (nSPS) is 11.5. The van der Waals surface area contributed by atoms with Crippen LogP contribution in [0.2, 0.25) is 0 Å². The van der Waals surface area contributed by atoms with Crippen molar-refractivity contribution in [3.05, 3.63) is 107 Å². The van der Waals surface area contributed by atoms with Gasteiger partial charge < -0.3 is 9.73 Å². The fourth-order valence-corrected chi connectivity index (χ4v) is 4.68. The maximum absolute atomic E-state index is 12.8. The first kappa shape index (κ1) is 23.5. The first-order valence-electron chi connectivity index (χ1n) is 10.8. The van der Waals surface area contributed by atoms with Gasteiger partial charge >= 0.3 is 0 Å². The molecule has 0 atom stereocenters. The molecule has 4 aromatic rings. The Morgan fingerprint density at radius 2 is 1.79 bits per heavy atom. The summed E-state index contributed by atoms with van der Waals surface area (Å²) in [6.45, 7) is 4.85. The number of nitrogens with zero attached hydrogens (tertiary/aromatic N) is 2. The van der Waals surface area contributed by atoms with Crippen LogP contribution in [-0.4, -0.2) is 24.1 Å². The van der Waals surface area contributed by atoms with Gasteiger partial charge in [0.05, 0.1) is 29.9 Å². The third-order valence-corrected chi connectivity index (χ3v) is 6.95. The zero-order valence-electron chi connectivity index (χ0n) is 19.0. The number of nitrogens with one attached hydrogen (secondary N) is 2. The van der Waals surface area contributed by atoms with Crippen molar-refractivity contribution in [2.75, 3.05) is 0 Å². The predicted octanol–water partition coefficient (Wildman–Crippen LogP) is 3.55. The van der Waals surface area contributed by atoms with Crippen LogP contribution in [0, 0.1) is 13.8 Å². The molecular weight excluding hydrogens is 452 g/mol. The Balaban J connectivity index is 1.42. The number of carbonyl (C=O) groups is 1. The topological polar surface area (TPSA) is 106 Å². The maximum Gasteiger partial charge on any atom is 0.251 e. The minimum atomic E-state index is -3.80. The van der Waals surface area contributed by atoms with E-state index >= 15 is 0 Å². The number of hydrogen-bond donors (Lipinski definition) is 2. The van der Waals surface area contributed by atoms with Crippen molar-refractivity contribution in [3.8, 4) is 0 Å². The molecule has 176 valence electrons. The lowest BCUT2D eigenvalue weighted by atomic mass is 10.1. The number of aryl methyl sites for hydroxylation is 1. The van der Waals surface area contributed by atoms with E-state index in [1.165, 1.54) is 18.4 Å². The number of aromatic nitrogens is 2. The number of amides is 1. The van der Waals surface area contributed by atoms with Crippen LogP contribution in [0.3, 0.4) is 0 Å². The summed E-state index contributed by atoms with van der Waals surface area (Å²) >= 11 is 0. The van der Waals surface area contributed by atoms with Crippen molar-refractivity contribution in [2.45, 2.75) is 38.4 Å². The van der Waals surface area contributed by atoms with Crippen LogP contribution < -0.4 is 10.0 Å². The predicted molar refractivity (Wildman–Crippen MR) is 128 cm³/mol. The van der Waals surface area contributed by atoms with Crippen molar-refractivity contribution < 1.29 is 17.6 Å². The molecule has 0 fully saturated rings. The smallest absolute Gasteiger partial charge is 0.251 e. The molecule has 0 aliphatic heterocycles. The second kappa shape index (κ2) is 10.1. The quantitative estimate of drug-likeness (QED) is 0.383. The van der Waals surface area contributed by atoms with Gasteiger partial charge in [-0.05, 0) is 49.7 Å². The summed E-state index contributed by atoms with van der Waals surface area (Å²) in [5, 5.41) is 7.50. The molecule has 34 heavy (non-hydrogen) atoms. The molecule has 0 aliphatic rings. The average Bonchev–Trinajstić information content (AvgIpc) is 3.45. The summed E-state index contributed by atoms with van der Waals surface area (Å²) in [5.41, 5.74) is 4.15. The highest BCUT2D eigenvalue weighted by atomic mass is 32.2. The van der Waals surface area contributed by atoms with Crippen LogP contribution in [0.15, 0.2) is 82.3 Å². The van der Waals surface area contributed by atoms with Gasteiger partial charge in [-0.25, -0.2) is 13.1 Å². The fourth-order valence-electron chi connectivity index (χ4n) is 3.64. The molecule has 9 heteroatoms. The molecule has 0 spiro atoms. The lowest BCUT2D eigenvalue weighted by Crippen LogP contribution is -2.25. The van der Waals surface area contributed by atoms with Gasteiger partial charge in [0, 0.05) is 23.4 Å². The van der Waals surface area contributed by atoms with Crippen LogP contribution in [0.1, 0.15) is 38.6 Å². The number of carbonyl (C=O) groups excluding carboxylic acids is 1. The van der Waals surface area contributed by atoms with Gasteiger partial charge in [-0.3, -0.25) is 9.48 Å². The zero-order valence-corrected chi connectivity index (χ0v) is 19.8. The number of rotatable bonds is 9. The molecule has 0 bridgehead atoms. The number of benzene rings is 2. The van der Waals surface area contributed by atoms with E-state index in [1.54, 1.807) is 24.3 Å². The average molecular weight is 479 g/mol. The molecule has 2 aromatic carbocycles. The van der Waals surface area contributed by atoms with E-state index in [4.69, 9.17) is 4.42 Å². The molecule has 2 N–H and O–H groups in total. The first-order valence-corrected chi connectivity index (χ1v) is 12.3. The van der Waals surface area contributed by atoms with E-state index in [0.717, 1.165) is 22.5 Å². The highest BCUT2D eigenvalue weighted by Crippen LogP contribution is 2.16. The van der Waals surface area contributed by atoms with Crippen LogP contribution in [-0.2, 0) is 29.7 Å². The summed E-state index contributed by atoms with van der Waals surface area (Å²) in [6, 6.07) is 19.3. The van der Waals surface area contributed by atoms with Crippen molar-refractivity contribution in [1.82, 2.24) is 19.8 Å². The van der Waals surface area contributed by atoms with E-state index in [-0.39, 0.29) is 22.9 Å². The summed E-state index contributed by atoms with van der Waals surface area (Å²) in [7, 11) is -3.80. The largest absolute Gasteiger partial charge is 0.468 e. The second-order valence-corrected chi connectivity index (χ2v) is 9.67. The molecule has 8 nitrogen and oxygen atoms in total. The molecule has 0 unspecified atom stereocenters. The van der Waals surface area contributed by atoms with Gasteiger partial charge in [-0.2, -0.15) is 5.10 Å². The lowest BCUT2D eigenvalue weighted by Gasteiger charge is -2.09. The highest BCUT2D eigenvalue weighted by Gasteiger charge is 2.18. The third-order valence-electron chi connectivity index (χ3n) is 5.56. The second-order valence-electron chi connectivity index (χ2n) is 7.91. The first-order chi connectivity index (χ1) is 16.3. The van der Waals surface area contributed by atoms with E-state index in [9.17, 15) is 13.2 Å². The van der Waals surface area contributed by atoms with E-state index in [2.05, 4.69) is 15.1 Å². The minimum absolute atomic E-state index is 0.00903. The molecule has 0 saturated carbocycles. The summed E-state index contributed by atoms with van der Waals surface area (Å²) < 4.78 is 34.8. The molecular formula is C25H26N4O4S. The van der Waals surface area contributed by atoms with E-state index in [0.29, 0.717) is 18.8 Å².